The summed E-state index contributed by atoms with van der Waals surface area (Å²) in [5, 5.41) is 16.5. The van der Waals surface area contributed by atoms with Gasteiger partial charge >= 0.3 is 0 Å². The standard InChI is InChI=1S/C23H32ClN3O2/c24-20-11-12-21-19(10-9-18(27-21)8-4-13-25-14-5-15-28)22(20)23(29)26-16-17-6-2-1-3-7-17/h9-12,17,25,28H,1-8,13-16H2,(H,26,29). The van der Waals surface area contributed by atoms with Crippen molar-refractivity contribution in [3.05, 3.63) is 40.5 Å². The number of pyridine rings is 1. The van der Waals surface area contributed by atoms with Crippen molar-refractivity contribution in [1.29, 1.82) is 0 Å². The molecule has 1 amide bonds. The highest BCUT2D eigenvalue weighted by atomic mass is 35.5. The van der Waals surface area contributed by atoms with Gasteiger partial charge in [0.05, 0.1) is 16.1 Å². The van der Waals surface area contributed by atoms with Crippen LogP contribution in [-0.4, -0.2) is 42.2 Å². The predicted octanol–water partition coefficient (Wildman–Crippen LogP) is 4.10. The molecule has 1 aliphatic carbocycles. The number of nitrogens with zero attached hydrogens (tertiary/aromatic N) is 1. The molecule has 0 atom stereocenters. The van der Waals surface area contributed by atoms with E-state index in [4.69, 9.17) is 21.7 Å². The third-order valence-corrected chi connectivity index (χ3v) is 5.99. The zero-order valence-corrected chi connectivity index (χ0v) is 17.8. The molecule has 1 heterocycles. The van der Waals surface area contributed by atoms with Crippen LogP contribution >= 0.6 is 11.6 Å². The van der Waals surface area contributed by atoms with Crippen molar-refractivity contribution in [3.63, 3.8) is 0 Å². The number of hydrogen-bond donors (Lipinski definition) is 3. The number of nitrogens with one attached hydrogen (secondary N) is 2. The molecule has 1 aromatic carbocycles. The van der Waals surface area contributed by atoms with Gasteiger partial charge in [-0.15, -0.1) is 0 Å². The van der Waals surface area contributed by atoms with E-state index >= 15 is 0 Å². The number of amides is 1. The topological polar surface area (TPSA) is 74.2 Å². The second-order valence-corrected chi connectivity index (χ2v) is 8.34. The van der Waals surface area contributed by atoms with Crippen molar-refractivity contribution in [3.8, 4) is 0 Å². The lowest BCUT2D eigenvalue weighted by molar-refractivity contribution is 0.0945. The number of aryl methyl sites for hydroxylation is 1. The smallest absolute Gasteiger partial charge is 0.253 e. The van der Waals surface area contributed by atoms with Gasteiger partial charge in [-0.2, -0.15) is 0 Å². The number of benzene rings is 1. The molecule has 5 nitrogen and oxygen atoms in total. The first kappa shape index (κ1) is 22.0. The van der Waals surface area contributed by atoms with Crippen LogP contribution in [0.15, 0.2) is 24.3 Å². The Labute approximate surface area is 178 Å². The van der Waals surface area contributed by atoms with Crippen LogP contribution in [0.1, 0.15) is 61.0 Å². The summed E-state index contributed by atoms with van der Waals surface area (Å²) in [5.41, 5.74) is 2.35. The Bertz CT molecular complexity index is 806. The number of aliphatic hydroxyl groups excluding tert-OH is 1. The fourth-order valence-electron chi connectivity index (χ4n) is 4.03. The van der Waals surface area contributed by atoms with Crippen LogP contribution in [0, 0.1) is 5.92 Å². The Morgan fingerprint density at radius 3 is 2.69 bits per heavy atom. The quantitative estimate of drug-likeness (QED) is 0.509. The van der Waals surface area contributed by atoms with Gasteiger partial charge in [-0.3, -0.25) is 9.78 Å². The van der Waals surface area contributed by atoms with Crippen LogP contribution in [0.2, 0.25) is 5.02 Å². The molecule has 29 heavy (non-hydrogen) atoms. The van der Waals surface area contributed by atoms with Gasteiger partial charge in [-0.25, -0.2) is 0 Å². The Kier molecular flexibility index (Phi) is 8.71. The van der Waals surface area contributed by atoms with Crippen LogP contribution in [0.5, 0.6) is 0 Å². The van der Waals surface area contributed by atoms with Gasteiger partial charge in [0.15, 0.2) is 0 Å². The van der Waals surface area contributed by atoms with Crippen molar-refractivity contribution in [2.45, 2.75) is 51.4 Å². The average Bonchev–Trinajstić information content (AvgIpc) is 2.75. The molecule has 158 valence electrons. The molecule has 3 N–H and O–H groups in total. The fraction of sp³-hybridized carbons (Fsp3) is 0.565. The van der Waals surface area contributed by atoms with Crippen LogP contribution in [0.4, 0.5) is 0 Å². The van der Waals surface area contributed by atoms with Gasteiger partial charge < -0.3 is 15.7 Å². The largest absolute Gasteiger partial charge is 0.396 e. The van der Waals surface area contributed by atoms with Crippen LogP contribution in [-0.2, 0) is 6.42 Å². The van der Waals surface area contributed by atoms with E-state index in [-0.39, 0.29) is 12.5 Å². The fourth-order valence-corrected chi connectivity index (χ4v) is 4.28. The molecule has 0 bridgehead atoms. The monoisotopic (exact) mass is 417 g/mol. The lowest BCUT2D eigenvalue weighted by Gasteiger charge is -2.22. The van der Waals surface area contributed by atoms with E-state index in [0.29, 0.717) is 16.5 Å². The summed E-state index contributed by atoms with van der Waals surface area (Å²) in [7, 11) is 0. The molecule has 1 saturated carbocycles. The number of carbonyl (C=O) groups excluding carboxylic acids is 1. The van der Waals surface area contributed by atoms with E-state index in [2.05, 4.69) is 10.6 Å². The number of rotatable bonds is 10. The minimum Gasteiger partial charge on any atom is -0.396 e. The minimum absolute atomic E-state index is 0.103. The molecule has 6 heteroatoms. The van der Waals surface area contributed by atoms with Crippen molar-refractivity contribution < 1.29 is 9.90 Å². The van der Waals surface area contributed by atoms with E-state index in [9.17, 15) is 4.79 Å². The van der Waals surface area contributed by atoms with Crippen LogP contribution in [0.25, 0.3) is 10.9 Å². The number of hydrogen-bond acceptors (Lipinski definition) is 4. The lowest BCUT2D eigenvalue weighted by Crippen LogP contribution is -2.30. The zero-order chi connectivity index (χ0) is 20.5. The molecule has 1 aromatic heterocycles. The molecule has 0 aliphatic heterocycles. The van der Waals surface area contributed by atoms with Crippen LogP contribution < -0.4 is 10.6 Å². The second-order valence-electron chi connectivity index (χ2n) is 7.94. The normalized spacial score (nSPS) is 15.0. The molecule has 0 spiro atoms. The third-order valence-electron chi connectivity index (χ3n) is 5.68. The van der Waals surface area contributed by atoms with E-state index in [0.717, 1.165) is 55.5 Å². The Balaban J connectivity index is 1.63. The summed E-state index contributed by atoms with van der Waals surface area (Å²) in [6.07, 6.45) is 8.86. The Hall–Kier alpha value is -1.69. The zero-order valence-electron chi connectivity index (χ0n) is 17.1. The maximum atomic E-state index is 12.9. The number of carbonyl (C=O) groups is 1. The summed E-state index contributed by atoms with van der Waals surface area (Å²) in [6, 6.07) is 7.62. The number of fused-ring (bicyclic) bond motifs is 1. The highest BCUT2D eigenvalue weighted by Crippen LogP contribution is 2.27. The van der Waals surface area contributed by atoms with E-state index < -0.39 is 0 Å². The van der Waals surface area contributed by atoms with Crippen molar-refractivity contribution in [2.24, 2.45) is 5.92 Å². The number of aromatic nitrogens is 1. The van der Waals surface area contributed by atoms with Crippen molar-refractivity contribution in [1.82, 2.24) is 15.6 Å². The first-order valence-corrected chi connectivity index (χ1v) is 11.2. The summed E-state index contributed by atoms with van der Waals surface area (Å²) in [5.74, 6) is 0.478. The Morgan fingerprint density at radius 2 is 1.90 bits per heavy atom. The van der Waals surface area contributed by atoms with Gasteiger partial charge in [-0.1, -0.05) is 36.9 Å². The van der Waals surface area contributed by atoms with Gasteiger partial charge in [0.1, 0.15) is 0 Å². The first-order valence-electron chi connectivity index (χ1n) is 10.9. The maximum absolute atomic E-state index is 12.9. The van der Waals surface area contributed by atoms with Gasteiger partial charge in [0, 0.05) is 24.2 Å². The molecule has 0 radical (unpaired) electrons. The second kappa shape index (κ2) is 11.5. The maximum Gasteiger partial charge on any atom is 0.253 e. The molecule has 1 fully saturated rings. The molecule has 2 aromatic rings. The molecular weight excluding hydrogens is 386 g/mol. The molecule has 0 unspecified atom stereocenters. The van der Waals surface area contributed by atoms with Crippen molar-refractivity contribution >= 4 is 28.4 Å². The van der Waals surface area contributed by atoms with Gasteiger partial charge in [0.25, 0.3) is 5.91 Å². The molecule has 0 saturated heterocycles. The third kappa shape index (κ3) is 6.39. The summed E-state index contributed by atoms with van der Waals surface area (Å²) in [4.78, 5) is 17.6. The summed E-state index contributed by atoms with van der Waals surface area (Å²) < 4.78 is 0. The van der Waals surface area contributed by atoms with Crippen molar-refractivity contribution in [2.75, 3.05) is 26.2 Å². The van der Waals surface area contributed by atoms with E-state index in [1.165, 1.54) is 32.1 Å². The summed E-state index contributed by atoms with van der Waals surface area (Å²) >= 11 is 6.39. The van der Waals surface area contributed by atoms with Gasteiger partial charge in [-0.05, 0) is 69.3 Å². The highest BCUT2D eigenvalue weighted by molar-refractivity contribution is 6.35. The average molecular weight is 418 g/mol. The lowest BCUT2D eigenvalue weighted by atomic mass is 9.89. The number of aliphatic hydroxyl groups is 1. The first-order chi connectivity index (χ1) is 14.2. The van der Waals surface area contributed by atoms with E-state index in [1.54, 1.807) is 6.07 Å². The van der Waals surface area contributed by atoms with Gasteiger partial charge in [0.2, 0.25) is 0 Å². The van der Waals surface area contributed by atoms with E-state index in [1.807, 2.05) is 18.2 Å². The summed E-state index contributed by atoms with van der Waals surface area (Å²) in [6.45, 7) is 2.67. The Morgan fingerprint density at radius 1 is 1.10 bits per heavy atom. The number of halogens is 1. The molecule has 1 aliphatic rings. The predicted molar refractivity (Wildman–Crippen MR) is 119 cm³/mol. The van der Waals surface area contributed by atoms with Crippen LogP contribution in [0.3, 0.4) is 0 Å². The SMILES string of the molecule is O=C(NCC1CCCCC1)c1c(Cl)ccc2nc(CCCNCCCO)ccc12. The molecular formula is C23H32ClN3O2. The highest BCUT2D eigenvalue weighted by Gasteiger charge is 2.18. The molecule has 3 rings (SSSR count). The minimum atomic E-state index is -0.103.